The van der Waals surface area contributed by atoms with Crippen LogP contribution in [0, 0.1) is 0 Å². The summed E-state index contributed by atoms with van der Waals surface area (Å²) in [5.74, 6) is -0.721. The quantitative estimate of drug-likeness (QED) is 0.401. The predicted molar refractivity (Wildman–Crippen MR) is 103 cm³/mol. The molecule has 28 heavy (non-hydrogen) atoms. The molecular weight excluding hydrogens is 417 g/mol. The van der Waals surface area contributed by atoms with Gasteiger partial charge in [-0.2, -0.15) is 0 Å². The number of rotatable bonds is 3. The summed E-state index contributed by atoms with van der Waals surface area (Å²) in [6.45, 7) is 0. The summed E-state index contributed by atoms with van der Waals surface area (Å²) >= 11 is 10.9. The van der Waals surface area contributed by atoms with Crippen LogP contribution in [0.5, 0.6) is 11.6 Å². The predicted octanol–water partition coefficient (Wildman–Crippen LogP) is 5.92. The van der Waals surface area contributed by atoms with Crippen molar-refractivity contribution in [1.29, 1.82) is 0 Å². The number of aryl methyl sites for hydroxylation is 1. The molecule has 0 radical (unpaired) electrons. The maximum absolute atomic E-state index is 12.5. The molecule has 0 unspecified atom stereocenters. The van der Waals surface area contributed by atoms with E-state index in [0.717, 1.165) is 12.1 Å². The van der Waals surface area contributed by atoms with Gasteiger partial charge in [0.15, 0.2) is 5.69 Å². The van der Waals surface area contributed by atoms with E-state index < -0.39 is 12.1 Å². The molecular formula is C17H12ClF3N4O2S. The summed E-state index contributed by atoms with van der Waals surface area (Å²) in [6, 6.07) is 10.3. The molecule has 0 saturated carbocycles. The monoisotopic (exact) mass is 428 g/mol. The van der Waals surface area contributed by atoms with E-state index >= 15 is 0 Å². The van der Waals surface area contributed by atoms with Crippen LogP contribution in [0.4, 0.5) is 24.5 Å². The maximum atomic E-state index is 12.5. The average Bonchev–Trinajstić information content (AvgIpc) is 2.84. The molecule has 3 aromatic rings. The van der Waals surface area contributed by atoms with Gasteiger partial charge >= 0.3 is 6.36 Å². The van der Waals surface area contributed by atoms with Crippen molar-refractivity contribution in [2.75, 3.05) is 5.32 Å². The fourth-order valence-corrected chi connectivity index (χ4v) is 2.75. The summed E-state index contributed by atoms with van der Waals surface area (Å²) in [6.07, 6.45) is -4.84. The minimum atomic E-state index is -4.84. The number of benzene rings is 2. The van der Waals surface area contributed by atoms with Gasteiger partial charge < -0.3 is 19.7 Å². The number of anilines is 1. The van der Waals surface area contributed by atoms with E-state index in [-0.39, 0.29) is 22.1 Å². The van der Waals surface area contributed by atoms with Gasteiger partial charge in [-0.25, -0.2) is 0 Å². The van der Waals surface area contributed by atoms with E-state index in [2.05, 4.69) is 20.3 Å². The smallest absolute Gasteiger partial charge is 0.493 e. The molecule has 0 aliphatic heterocycles. The zero-order valence-corrected chi connectivity index (χ0v) is 15.7. The number of azo groups is 1. The number of thiocarbonyl (C=S) groups is 1. The lowest BCUT2D eigenvalue weighted by molar-refractivity contribution is -0.274. The number of aromatic nitrogens is 1. The van der Waals surface area contributed by atoms with Crippen molar-refractivity contribution in [1.82, 2.24) is 4.57 Å². The van der Waals surface area contributed by atoms with Gasteiger partial charge in [0.1, 0.15) is 5.75 Å². The number of hydrogen-bond acceptors (Lipinski definition) is 4. The first-order chi connectivity index (χ1) is 13.1. The van der Waals surface area contributed by atoms with E-state index in [1.165, 1.54) is 17.7 Å². The van der Waals surface area contributed by atoms with E-state index in [1.54, 1.807) is 24.3 Å². The molecule has 0 fully saturated rings. The first-order valence-electron chi connectivity index (χ1n) is 7.69. The molecule has 0 atom stereocenters. The number of aromatic hydroxyl groups is 1. The molecule has 0 amide bonds. The Kier molecular flexibility index (Phi) is 5.43. The minimum absolute atomic E-state index is 0.0126. The normalized spacial score (nSPS) is 11.9. The molecule has 11 heteroatoms. The Morgan fingerprint density at radius 2 is 1.89 bits per heavy atom. The molecule has 6 nitrogen and oxygen atoms in total. The number of nitrogens with zero attached hydrogens (tertiary/aromatic N) is 3. The van der Waals surface area contributed by atoms with Gasteiger partial charge in [-0.05, 0) is 54.7 Å². The lowest BCUT2D eigenvalue weighted by Gasteiger charge is -2.08. The topological polar surface area (TPSA) is 71.1 Å². The third-order valence-corrected chi connectivity index (χ3v) is 4.12. The first kappa shape index (κ1) is 19.9. The van der Waals surface area contributed by atoms with Crippen molar-refractivity contribution >= 4 is 51.2 Å². The molecule has 3 rings (SSSR count). The van der Waals surface area contributed by atoms with Gasteiger partial charge in [-0.1, -0.05) is 11.6 Å². The van der Waals surface area contributed by atoms with E-state index in [4.69, 9.17) is 23.8 Å². The largest absolute Gasteiger partial charge is 0.573 e. The number of hydrogen-bond donors (Lipinski definition) is 2. The van der Waals surface area contributed by atoms with E-state index in [9.17, 15) is 18.3 Å². The summed E-state index contributed by atoms with van der Waals surface area (Å²) in [4.78, 5) is 0. The Labute approximate surface area is 167 Å². The second-order valence-corrected chi connectivity index (χ2v) is 6.42. The standard InChI is InChI=1S/C17H12ClF3N4O2S/c1-25-13-7-6-11(27-17(19,20)21)8-12(13)14(15(25)26)23-24-16(28)22-10-4-2-9(18)3-5-10/h2-8,26H,1H3,(H,22,28). The van der Waals surface area contributed by atoms with Crippen molar-refractivity contribution in [3.8, 4) is 11.6 Å². The van der Waals surface area contributed by atoms with Crippen molar-refractivity contribution < 1.29 is 23.0 Å². The summed E-state index contributed by atoms with van der Waals surface area (Å²) in [5.41, 5.74) is 1.03. The van der Waals surface area contributed by atoms with Gasteiger partial charge in [0.25, 0.3) is 0 Å². The second kappa shape index (κ2) is 7.64. The molecule has 0 spiro atoms. The molecule has 2 aromatic carbocycles. The molecule has 2 N–H and O–H groups in total. The third kappa shape index (κ3) is 4.52. The summed E-state index contributed by atoms with van der Waals surface area (Å²) in [7, 11) is 1.53. The lowest BCUT2D eigenvalue weighted by Crippen LogP contribution is -2.16. The number of nitrogens with one attached hydrogen (secondary N) is 1. The molecule has 1 heterocycles. The van der Waals surface area contributed by atoms with Crippen LogP contribution >= 0.6 is 23.8 Å². The van der Waals surface area contributed by atoms with Crippen LogP contribution in [0.25, 0.3) is 10.9 Å². The van der Waals surface area contributed by atoms with Crippen molar-refractivity contribution in [3.05, 3.63) is 47.5 Å². The maximum Gasteiger partial charge on any atom is 0.573 e. The molecule has 0 aliphatic rings. The Hall–Kier alpha value is -2.85. The molecule has 0 bridgehead atoms. The second-order valence-electron chi connectivity index (χ2n) is 5.60. The summed E-state index contributed by atoms with van der Waals surface area (Å²) in [5, 5.41) is 21.5. The van der Waals surface area contributed by atoms with Crippen LogP contribution in [0.3, 0.4) is 0 Å². The van der Waals surface area contributed by atoms with Gasteiger partial charge in [-0.15, -0.1) is 23.4 Å². The van der Waals surface area contributed by atoms with Crippen LogP contribution < -0.4 is 10.1 Å². The van der Waals surface area contributed by atoms with Gasteiger partial charge in [-0.3, -0.25) is 0 Å². The number of fused-ring (bicyclic) bond motifs is 1. The fourth-order valence-electron chi connectivity index (χ4n) is 2.46. The van der Waals surface area contributed by atoms with Crippen LogP contribution in [-0.2, 0) is 7.05 Å². The molecule has 0 saturated heterocycles. The number of halogens is 4. The van der Waals surface area contributed by atoms with Crippen molar-refractivity contribution in [3.63, 3.8) is 0 Å². The van der Waals surface area contributed by atoms with Crippen LogP contribution in [0.1, 0.15) is 0 Å². The minimum Gasteiger partial charge on any atom is -0.493 e. The zero-order valence-electron chi connectivity index (χ0n) is 14.2. The highest BCUT2D eigenvalue weighted by Gasteiger charge is 2.31. The fraction of sp³-hybridized carbons (Fsp3) is 0.118. The highest BCUT2D eigenvalue weighted by molar-refractivity contribution is 7.80. The van der Waals surface area contributed by atoms with Crippen LogP contribution in [-0.4, -0.2) is 21.1 Å². The first-order valence-corrected chi connectivity index (χ1v) is 8.48. The highest BCUT2D eigenvalue weighted by atomic mass is 35.5. The van der Waals surface area contributed by atoms with Crippen molar-refractivity contribution in [2.24, 2.45) is 17.3 Å². The Bertz CT molecular complexity index is 1060. The zero-order chi connectivity index (χ0) is 20.5. The van der Waals surface area contributed by atoms with Gasteiger partial charge in [0.2, 0.25) is 11.0 Å². The van der Waals surface area contributed by atoms with Crippen molar-refractivity contribution in [2.45, 2.75) is 6.36 Å². The Morgan fingerprint density at radius 3 is 2.54 bits per heavy atom. The summed E-state index contributed by atoms with van der Waals surface area (Å²) < 4.78 is 42.7. The molecule has 146 valence electrons. The van der Waals surface area contributed by atoms with Crippen LogP contribution in [0.2, 0.25) is 5.02 Å². The van der Waals surface area contributed by atoms with E-state index in [1.807, 2.05) is 0 Å². The molecule has 1 aromatic heterocycles. The Morgan fingerprint density at radius 1 is 1.21 bits per heavy atom. The lowest BCUT2D eigenvalue weighted by atomic mass is 10.2. The SMILES string of the molecule is Cn1c(O)c(N=NC(=S)Nc2ccc(Cl)cc2)c2cc(OC(F)(F)F)ccc21. The van der Waals surface area contributed by atoms with Crippen LogP contribution in [0.15, 0.2) is 52.7 Å². The third-order valence-electron chi connectivity index (χ3n) is 3.68. The molecule has 0 aliphatic carbocycles. The number of alkyl halides is 3. The van der Waals surface area contributed by atoms with Gasteiger partial charge in [0, 0.05) is 23.1 Å². The Balaban J connectivity index is 1.89. The highest BCUT2D eigenvalue weighted by Crippen LogP contribution is 2.40. The van der Waals surface area contributed by atoms with Gasteiger partial charge in [0.05, 0.1) is 5.52 Å². The number of ether oxygens (including phenoxy) is 1. The van der Waals surface area contributed by atoms with E-state index in [0.29, 0.717) is 16.2 Å². The average molecular weight is 429 g/mol.